The fraction of sp³-hybridized carbons (Fsp3) is 0.308. The summed E-state index contributed by atoms with van der Waals surface area (Å²) in [7, 11) is 0. The molecule has 6 nitrogen and oxygen atoms in total. The number of carbonyl (C=O) groups is 1. The van der Waals surface area contributed by atoms with Crippen LogP contribution in [0.25, 0.3) is 0 Å². The fourth-order valence-electron chi connectivity index (χ4n) is 5.14. The van der Waals surface area contributed by atoms with E-state index in [9.17, 15) is 14.4 Å². The Balaban J connectivity index is 1.66. The van der Waals surface area contributed by atoms with Crippen LogP contribution in [0.5, 0.6) is 0 Å². The molecule has 33 heavy (non-hydrogen) atoms. The molecule has 0 spiro atoms. The second-order valence-electron chi connectivity index (χ2n) is 8.57. The predicted octanol–water partition coefficient (Wildman–Crippen LogP) is 3.57. The van der Waals surface area contributed by atoms with Crippen molar-refractivity contribution in [1.82, 2.24) is 10.0 Å². The second-order valence-corrected chi connectivity index (χ2v) is 8.57. The largest absolute Gasteiger partial charge is 0.383 e. The Labute approximate surface area is 192 Å². The molecule has 0 amide bonds. The second kappa shape index (κ2) is 8.81. The number of nitrogens with two attached hydrogens (primary N) is 1. The minimum absolute atomic E-state index is 0.00191. The van der Waals surface area contributed by atoms with Gasteiger partial charge < -0.3 is 10.5 Å². The average Bonchev–Trinajstić information content (AvgIpc) is 2.85. The number of allylic oxidation sites excluding steroid dienone is 3. The van der Waals surface area contributed by atoms with Gasteiger partial charge in [0.05, 0.1) is 30.8 Å². The van der Waals surface area contributed by atoms with Crippen LogP contribution in [0, 0.1) is 17.1 Å². The van der Waals surface area contributed by atoms with Crippen molar-refractivity contribution in [2.75, 3.05) is 26.3 Å². The predicted molar refractivity (Wildman–Crippen MR) is 121 cm³/mol. The van der Waals surface area contributed by atoms with Gasteiger partial charge in [0.2, 0.25) is 0 Å². The smallest absolute Gasteiger partial charge is 0.162 e. The quantitative estimate of drug-likeness (QED) is 0.780. The van der Waals surface area contributed by atoms with E-state index >= 15 is 0 Å². The Bertz CT molecular complexity index is 1160. The lowest BCUT2D eigenvalue weighted by atomic mass is 9.72. The molecular formula is C26H25FN4O2. The van der Waals surface area contributed by atoms with Crippen molar-refractivity contribution in [1.29, 1.82) is 5.26 Å². The monoisotopic (exact) mass is 444 g/mol. The molecule has 0 unspecified atom stereocenters. The molecule has 7 heteroatoms. The van der Waals surface area contributed by atoms with Crippen LogP contribution in [-0.4, -0.2) is 42.1 Å². The molecule has 1 saturated heterocycles. The number of rotatable bonds is 3. The molecule has 2 aromatic rings. The summed E-state index contributed by atoms with van der Waals surface area (Å²) in [5.41, 5.74) is 10.2. The summed E-state index contributed by atoms with van der Waals surface area (Å²) in [5.74, 6) is -0.626. The van der Waals surface area contributed by atoms with Gasteiger partial charge in [-0.15, -0.1) is 0 Å². The zero-order valence-corrected chi connectivity index (χ0v) is 18.2. The lowest BCUT2D eigenvalue weighted by Gasteiger charge is -2.47. The number of hydrogen-bond donors (Lipinski definition) is 1. The Kier molecular flexibility index (Phi) is 5.71. The lowest BCUT2D eigenvalue weighted by Crippen LogP contribution is -2.52. The van der Waals surface area contributed by atoms with E-state index in [1.54, 1.807) is 12.1 Å². The molecule has 168 valence electrons. The van der Waals surface area contributed by atoms with E-state index < -0.39 is 5.92 Å². The number of nitrogens with zero attached hydrogens (tertiary/aromatic N) is 3. The van der Waals surface area contributed by atoms with Crippen LogP contribution in [0.15, 0.2) is 77.3 Å². The summed E-state index contributed by atoms with van der Waals surface area (Å²) in [5, 5.41) is 14.0. The third-order valence-corrected chi connectivity index (χ3v) is 6.69. The van der Waals surface area contributed by atoms with Crippen molar-refractivity contribution in [3.8, 4) is 6.07 Å². The van der Waals surface area contributed by atoms with Crippen molar-refractivity contribution < 1.29 is 13.9 Å². The molecular weight excluding hydrogens is 419 g/mol. The van der Waals surface area contributed by atoms with E-state index in [2.05, 4.69) is 11.1 Å². The number of carbonyl (C=O) groups excluding carboxylic acids is 1. The number of benzene rings is 2. The first-order valence-electron chi connectivity index (χ1n) is 11.2. The third kappa shape index (κ3) is 3.82. The normalized spacial score (nSPS) is 24.0. The maximum atomic E-state index is 13.7. The van der Waals surface area contributed by atoms with Gasteiger partial charge in [-0.05, 0) is 35.6 Å². The molecule has 1 aliphatic carbocycles. The molecule has 5 rings (SSSR count). The molecule has 0 aromatic heterocycles. The number of Topliss-reactive ketones (excluding diaryl/α,β-unsaturated/α-hetero) is 1. The fourth-order valence-corrected chi connectivity index (χ4v) is 5.14. The summed E-state index contributed by atoms with van der Waals surface area (Å²) in [6.07, 6.45) is 0.982. The van der Waals surface area contributed by atoms with E-state index in [1.807, 2.05) is 35.3 Å². The Hall–Kier alpha value is -3.47. The summed E-state index contributed by atoms with van der Waals surface area (Å²) >= 11 is 0. The first kappa shape index (κ1) is 21.4. The van der Waals surface area contributed by atoms with Crippen LogP contribution >= 0.6 is 0 Å². The molecule has 2 atom stereocenters. The van der Waals surface area contributed by atoms with E-state index in [0.29, 0.717) is 61.7 Å². The average molecular weight is 445 g/mol. The van der Waals surface area contributed by atoms with Crippen LogP contribution in [-0.2, 0) is 9.53 Å². The van der Waals surface area contributed by atoms with Gasteiger partial charge in [0.15, 0.2) is 5.78 Å². The first-order chi connectivity index (χ1) is 16.1. The van der Waals surface area contributed by atoms with Gasteiger partial charge in [0.1, 0.15) is 11.6 Å². The SMILES string of the molecule is N#CC1=C(N)N(N2CCOCC2)C2=C(C(=O)C[C@H](c3ccccc3)C2)[C@H]1c1ccc(F)cc1. The maximum Gasteiger partial charge on any atom is 0.162 e. The molecule has 2 aromatic carbocycles. The lowest BCUT2D eigenvalue weighted by molar-refractivity contribution is -0.117. The highest BCUT2D eigenvalue weighted by molar-refractivity contribution is 6.00. The number of hydrogen-bond acceptors (Lipinski definition) is 6. The maximum absolute atomic E-state index is 13.7. The van der Waals surface area contributed by atoms with Crippen molar-refractivity contribution >= 4 is 5.78 Å². The molecule has 2 heterocycles. The Morgan fingerprint density at radius 2 is 1.70 bits per heavy atom. The zero-order chi connectivity index (χ0) is 22.9. The van der Waals surface area contributed by atoms with Gasteiger partial charge in [-0.2, -0.15) is 5.26 Å². The van der Waals surface area contributed by atoms with Crippen LogP contribution in [0.2, 0.25) is 0 Å². The molecule has 0 saturated carbocycles. The van der Waals surface area contributed by atoms with Crippen molar-refractivity contribution in [3.05, 3.63) is 94.2 Å². The minimum Gasteiger partial charge on any atom is -0.383 e. The third-order valence-electron chi connectivity index (χ3n) is 6.69. The number of ketones is 1. The van der Waals surface area contributed by atoms with E-state index in [4.69, 9.17) is 10.5 Å². The standard InChI is InChI=1S/C26H25FN4O2/c27-20-8-6-18(7-9-20)24-21(16-28)26(29)31(30-10-12-33-13-11-30)22-14-19(15-23(32)25(22)24)17-4-2-1-3-5-17/h1-9,19,24H,10-15,29H2/t19-,24+/m1/s1. The molecule has 1 fully saturated rings. The van der Waals surface area contributed by atoms with Gasteiger partial charge >= 0.3 is 0 Å². The van der Waals surface area contributed by atoms with Crippen molar-refractivity contribution in [3.63, 3.8) is 0 Å². The number of ether oxygens (including phenoxy) is 1. The first-order valence-corrected chi connectivity index (χ1v) is 11.2. The van der Waals surface area contributed by atoms with Gasteiger partial charge in [0.25, 0.3) is 0 Å². The van der Waals surface area contributed by atoms with Gasteiger partial charge in [0, 0.05) is 30.8 Å². The summed E-state index contributed by atoms with van der Waals surface area (Å²) in [6, 6.07) is 18.3. The molecule has 0 radical (unpaired) electrons. The van der Waals surface area contributed by atoms with Crippen LogP contribution in [0.3, 0.4) is 0 Å². The van der Waals surface area contributed by atoms with Crippen LogP contribution in [0.4, 0.5) is 4.39 Å². The minimum atomic E-state index is -0.605. The Morgan fingerprint density at radius 1 is 1.00 bits per heavy atom. The molecule has 3 aliphatic rings. The molecule has 0 bridgehead atoms. The molecule has 2 aliphatic heterocycles. The van der Waals surface area contributed by atoms with E-state index in [0.717, 1.165) is 11.3 Å². The highest BCUT2D eigenvalue weighted by Crippen LogP contribution is 2.48. The number of halogens is 1. The van der Waals surface area contributed by atoms with E-state index in [-0.39, 0.29) is 17.5 Å². The summed E-state index contributed by atoms with van der Waals surface area (Å²) in [6.45, 7) is 2.32. The topological polar surface area (TPSA) is 82.6 Å². The molecule has 2 N–H and O–H groups in total. The summed E-state index contributed by atoms with van der Waals surface area (Å²) < 4.78 is 19.2. The Morgan fingerprint density at radius 3 is 2.36 bits per heavy atom. The zero-order valence-electron chi connectivity index (χ0n) is 18.2. The highest BCUT2D eigenvalue weighted by Gasteiger charge is 2.44. The number of morpholine rings is 1. The van der Waals surface area contributed by atoms with Crippen molar-refractivity contribution in [2.45, 2.75) is 24.7 Å². The highest BCUT2D eigenvalue weighted by atomic mass is 19.1. The number of hydrazine groups is 1. The van der Waals surface area contributed by atoms with Crippen LogP contribution < -0.4 is 5.73 Å². The number of nitriles is 1. The summed E-state index contributed by atoms with van der Waals surface area (Å²) in [4.78, 5) is 13.7. The van der Waals surface area contributed by atoms with Gasteiger partial charge in [-0.1, -0.05) is 42.5 Å². The van der Waals surface area contributed by atoms with E-state index in [1.165, 1.54) is 12.1 Å². The van der Waals surface area contributed by atoms with Gasteiger partial charge in [-0.25, -0.2) is 9.40 Å². The van der Waals surface area contributed by atoms with Crippen LogP contribution in [0.1, 0.15) is 35.8 Å². The van der Waals surface area contributed by atoms with Gasteiger partial charge in [-0.3, -0.25) is 9.80 Å². The van der Waals surface area contributed by atoms with Crippen molar-refractivity contribution in [2.24, 2.45) is 5.73 Å².